The Balaban J connectivity index is 0.000000537. The van der Waals surface area contributed by atoms with Crippen molar-refractivity contribution in [3.05, 3.63) is 108 Å². The van der Waals surface area contributed by atoms with Gasteiger partial charge in [-0.3, -0.25) is 0 Å². The van der Waals surface area contributed by atoms with E-state index in [1.807, 2.05) is 45.9 Å². The molecular formula is C31H46. The minimum absolute atomic E-state index is 0.280. The van der Waals surface area contributed by atoms with Gasteiger partial charge in [0.05, 0.1) is 0 Å². The van der Waals surface area contributed by atoms with E-state index in [-0.39, 0.29) is 5.41 Å². The van der Waals surface area contributed by atoms with E-state index in [0.29, 0.717) is 0 Å². The smallest absolute Gasteiger partial charge is 0.0202 e. The summed E-state index contributed by atoms with van der Waals surface area (Å²) in [4.78, 5) is 0. The molecule has 4 rings (SSSR count). The summed E-state index contributed by atoms with van der Waals surface area (Å²) in [5.74, 6) is 0. The Labute approximate surface area is 193 Å². The van der Waals surface area contributed by atoms with Gasteiger partial charge in [-0.1, -0.05) is 157 Å². The topological polar surface area (TPSA) is 0 Å². The summed E-state index contributed by atoms with van der Waals surface area (Å²) in [6.45, 7) is 14.3. The maximum absolute atomic E-state index is 2.29. The summed E-state index contributed by atoms with van der Waals surface area (Å²) in [6, 6.07) is 32.3. The van der Waals surface area contributed by atoms with Crippen LogP contribution in [0.3, 0.4) is 0 Å². The first-order valence-corrected chi connectivity index (χ1v) is 12.4. The zero-order valence-electron chi connectivity index (χ0n) is 21.2. The molecule has 0 radical (unpaired) electrons. The van der Waals surface area contributed by atoms with Crippen molar-refractivity contribution in [3.63, 3.8) is 0 Å². The summed E-state index contributed by atoms with van der Waals surface area (Å²) in [7, 11) is 0. The van der Waals surface area contributed by atoms with Crippen LogP contribution in [0.5, 0.6) is 0 Å². The van der Waals surface area contributed by atoms with E-state index in [1.165, 1.54) is 48.8 Å². The highest BCUT2D eigenvalue weighted by atomic mass is 14.4. The van der Waals surface area contributed by atoms with E-state index in [0.717, 1.165) is 0 Å². The van der Waals surface area contributed by atoms with Crippen molar-refractivity contribution in [2.45, 2.75) is 86.0 Å². The van der Waals surface area contributed by atoms with Gasteiger partial charge < -0.3 is 0 Å². The first kappa shape index (κ1) is 28.7. The van der Waals surface area contributed by atoms with Crippen LogP contribution >= 0.6 is 0 Å². The van der Waals surface area contributed by atoms with Crippen LogP contribution in [0.2, 0.25) is 0 Å². The summed E-state index contributed by atoms with van der Waals surface area (Å²) in [5, 5.41) is 0. The number of benzene rings is 3. The Morgan fingerprint density at radius 3 is 1.10 bits per heavy atom. The van der Waals surface area contributed by atoms with Gasteiger partial charge in [-0.15, -0.1) is 0 Å². The third kappa shape index (κ3) is 10.0. The maximum Gasteiger partial charge on any atom is 0.0202 e. The summed E-state index contributed by atoms with van der Waals surface area (Å²) < 4.78 is 0. The molecule has 1 saturated carbocycles. The Hall–Kier alpha value is -2.34. The van der Waals surface area contributed by atoms with E-state index in [1.54, 1.807) is 0 Å². The van der Waals surface area contributed by atoms with Crippen LogP contribution in [0.4, 0.5) is 0 Å². The molecular weight excluding hydrogens is 372 g/mol. The highest BCUT2D eigenvalue weighted by Crippen LogP contribution is 2.46. The van der Waals surface area contributed by atoms with Gasteiger partial charge in [-0.25, -0.2) is 0 Å². The predicted molar refractivity (Wildman–Crippen MR) is 142 cm³/mol. The molecule has 3 aromatic carbocycles. The maximum atomic E-state index is 2.29. The second-order valence-electron chi connectivity index (χ2n) is 7.38. The highest BCUT2D eigenvalue weighted by molar-refractivity contribution is 5.40. The van der Waals surface area contributed by atoms with E-state index in [9.17, 15) is 0 Å². The molecule has 0 heteroatoms. The fraction of sp³-hybridized carbons (Fsp3) is 0.419. The summed E-state index contributed by atoms with van der Waals surface area (Å²) in [6.07, 6.45) is 6.54. The van der Waals surface area contributed by atoms with E-state index < -0.39 is 0 Å². The molecule has 0 spiro atoms. The zero-order chi connectivity index (χ0) is 23.4. The largest absolute Gasteiger partial charge is 0.0683 e. The summed E-state index contributed by atoms with van der Waals surface area (Å²) in [5.41, 5.74) is 4.58. The van der Waals surface area contributed by atoms with Gasteiger partial charge >= 0.3 is 0 Å². The Morgan fingerprint density at radius 1 is 0.548 bits per heavy atom. The zero-order valence-corrected chi connectivity index (χ0v) is 21.2. The van der Waals surface area contributed by atoms with Crippen LogP contribution in [-0.2, 0) is 5.41 Å². The molecule has 0 atom stereocenters. The molecule has 0 nitrogen and oxygen atoms in total. The molecule has 3 aromatic rings. The minimum atomic E-state index is 0.280. The fourth-order valence-corrected chi connectivity index (χ4v) is 3.77. The van der Waals surface area contributed by atoms with Crippen LogP contribution in [-0.4, -0.2) is 0 Å². The van der Waals surface area contributed by atoms with Crippen LogP contribution < -0.4 is 0 Å². The second kappa shape index (κ2) is 18.4. The quantitative estimate of drug-likeness (QED) is 0.388. The second-order valence-corrected chi connectivity index (χ2v) is 7.38. The summed E-state index contributed by atoms with van der Waals surface area (Å²) >= 11 is 0. The van der Waals surface area contributed by atoms with Crippen molar-refractivity contribution in [3.8, 4) is 0 Å². The minimum Gasteiger partial charge on any atom is -0.0683 e. The van der Waals surface area contributed by atoms with Crippen molar-refractivity contribution in [1.82, 2.24) is 0 Å². The van der Waals surface area contributed by atoms with Crippen LogP contribution in [0, 0.1) is 6.92 Å². The third-order valence-electron chi connectivity index (χ3n) is 5.05. The molecule has 0 N–H and O–H groups in total. The molecule has 0 saturated heterocycles. The molecule has 31 heavy (non-hydrogen) atoms. The molecule has 1 aliphatic rings. The van der Waals surface area contributed by atoms with E-state index in [4.69, 9.17) is 0 Å². The lowest BCUT2D eigenvalue weighted by Gasteiger charge is -2.30. The monoisotopic (exact) mass is 418 g/mol. The van der Waals surface area contributed by atoms with Gasteiger partial charge in [-0.2, -0.15) is 0 Å². The number of aryl methyl sites for hydroxylation is 1. The Morgan fingerprint density at radius 2 is 0.839 bits per heavy atom. The highest BCUT2D eigenvalue weighted by Gasteiger charge is 2.36. The van der Waals surface area contributed by atoms with E-state index >= 15 is 0 Å². The van der Waals surface area contributed by atoms with Crippen molar-refractivity contribution < 1.29 is 0 Å². The van der Waals surface area contributed by atoms with Crippen LogP contribution in [0.1, 0.15) is 90.3 Å². The van der Waals surface area contributed by atoms with Crippen LogP contribution in [0.15, 0.2) is 91.0 Å². The van der Waals surface area contributed by atoms with E-state index in [2.05, 4.69) is 93.6 Å². The lowest BCUT2D eigenvalue weighted by atomic mass is 9.73. The standard InChI is InChI=1S/C17H18.C7H8.C3H8.2C2H6/c1-3-9-15(10-4-1)17(13-7-8-14-17)16-11-5-2-6-12-16;1-7-5-3-2-4-6-7;1-3-2;2*1-2/h1-6,9-12H,7-8,13-14H2;2-6H,1H3;3H2,1-2H3;2*1-2H3. The SMILES string of the molecule is CC.CC.CCC.Cc1ccccc1.c1ccc(C2(c3ccccc3)CCCC2)cc1. The van der Waals surface area contributed by atoms with Crippen LogP contribution in [0.25, 0.3) is 0 Å². The number of hydrogen-bond acceptors (Lipinski definition) is 0. The van der Waals surface area contributed by atoms with Crippen molar-refractivity contribution in [1.29, 1.82) is 0 Å². The van der Waals surface area contributed by atoms with Crippen molar-refractivity contribution in [2.24, 2.45) is 0 Å². The molecule has 0 amide bonds. The lowest BCUT2D eigenvalue weighted by Crippen LogP contribution is -2.23. The van der Waals surface area contributed by atoms with Crippen molar-refractivity contribution in [2.75, 3.05) is 0 Å². The third-order valence-corrected chi connectivity index (χ3v) is 5.05. The average Bonchev–Trinajstić information content (AvgIpc) is 3.36. The van der Waals surface area contributed by atoms with Gasteiger partial charge in [0.2, 0.25) is 0 Å². The van der Waals surface area contributed by atoms with Crippen molar-refractivity contribution >= 4 is 0 Å². The van der Waals surface area contributed by atoms with Gasteiger partial charge in [0.25, 0.3) is 0 Å². The van der Waals surface area contributed by atoms with Gasteiger partial charge in [0.15, 0.2) is 0 Å². The number of hydrogen-bond donors (Lipinski definition) is 0. The molecule has 170 valence electrons. The Bertz CT molecular complexity index is 681. The molecule has 0 heterocycles. The molecule has 0 aliphatic heterocycles. The number of rotatable bonds is 2. The first-order valence-electron chi connectivity index (χ1n) is 12.4. The molecule has 0 aromatic heterocycles. The normalized spacial score (nSPS) is 12.9. The van der Waals surface area contributed by atoms with Gasteiger partial charge in [-0.05, 0) is 30.9 Å². The molecule has 0 unspecified atom stereocenters. The molecule has 0 bridgehead atoms. The first-order chi connectivity index (χ1) is 15.2. The lowest BCUT2D eigenvalue weighted by molar-refractivity contribution is 0.535. The Kier molecular flexibility index (Phi) is 17.0. The molecule has 1 aliphatic carbocycles. The predicted octanol–water partition coefficient (Wildman–Crippen LogP) is 10.0. The average molecular weight is 419 g/mol. The molecule has 1 fully saturated rings. The van der Waals surface area contributed by atoms with Gasteiger partial charge in [0.1, 0.15) is 0 Å². The van der Waals surface area contributed by atoms with Gasteiger partial charge in [0, 0.05) is 5.41 Å². The fourth-order valence-electron chi connectivity index (χ4n) is 3.77.